The van der Waals surface area contributed by atoms with Crippen LogP contribution in [0.2, 0.25) is 32.7 Å². The molecule has 0 amide bonds. The Hall–Kier alpha value is -0.186. The molecule has 0 rings (SSSR count). The highest BCUT2D eigenvalue weighted by atomic mass is 29.3. The lowest BCUT2D eigenvalue weighted by Crippen LogP contribution is -2.54. The van der Waals surface area contributed by atoms with Gasteiger partial charge < -0.3 is 5.53 Å². The van der Waals surface area contributed by atoms with Crippen molar-refractivity contribution in [3.8, 4) is 0 Å². The molecule has 0 saturated heterocycles. The van der Waals surface area contributed by atoms with Crippen molar-refractivity contribution >= 4 is 21.0 Å². The third-order valence-corrected chi connectivity index (χ3v) is 18.9. The van der Waals surface area contributed by atoms with E-state index in [1.807, 2.05) is 0 Å². The summed E-state index contributed by atoms with van der Waals surface area (Å²) in [5.74, 6) is 1.78. The Morgan fingerprint density at radius 2 is 1.50 bits per heavy atom. The molecule has 0 N–H and O–H groups in total. The molecule has 0 bridgehead atoms. The predicted octanol–water partition coefficient (Wildman–Crippen LogP) is 1.95. The molecule has 2 nitrogen and oxygen atoms in total. The van der Waals surface area contributed by atoms with E-state index in [1.54, 1.807) is 5.84 Å². The number of nitrogens with zero attached hydrogens (tertiary/aromatic N) is 2. The molecular formula is C6H16N2Si2. The summed E-state index contributed by atoms with van der Waals surface area (Å²) in [7, 11) is -2.38. The van der Waals surface area contributed by atoms with Crippen LogP contribution in [-0.2, 0) is 0 Å². The van der Waals surface area contributed by atoms with Gasteiger partial charge in [0.25, 0.3) is 0 Å². The van der Waals surface area contributed by atoms with Gasteiger partial charge in [0.15, 0.2) is 7.59 Å². The average Bonchev–Trinajstić information content (AvgIpc) is 1.61. The van der Waals surface area contributed by atoms with E-state index in [0.717, 1.165) is 0 Å². The third kappa shape index (κ3) is 2.21. The standard InChI is InChI=1S/C6H16N2Si2/c1-9(2,3)10(4,5)6-8-7/h6H,1-5H3. The van der Waals surface area contributed by atoms with Gasteiger partial charge in [-0.15, -0.1) is 0 Å². The first kappa shape index (κ1) is 9.81. The zero-order valence-electron chi connectivity index (χ0n) is 7.47. The van der Waals surface area contributed by atoms with Crippen LogP contribution in [-0.4, -0.2) is 25.8 Å². The lowest BCUT2D eigenvalue weighted by atomic mass is 11.7. The fraction of sp³-hybridized carbons (Fsp3) is 0.833. The van der Waals surface area contributed by atoms with Gasteiger partial charge in [-0.1, -0.05) is 32.7 Å². The van der Waals surface area contributed by atoms with E-state index in [9.17, 15) is 0 Å². The van der Waals surface area contributed by atoms with Crippen LogP contribution >= 0.6 is 0 Å². The Kier molecular flexibility index (Phi) is 2.77. The Morgan fingerprint density at radius 1 is 1.10 bits per heavy atom. The molecule has 0 saturated carbocycles. The van der Waals surface area contributed by atoms with Crippen molar-refractivity contribution < 1.29 is 4.79 Å². The van der Waals surface area contributed by atoms with Crippen LogP contribution in [0.4, 0.5) is 0 Å². The molecule has 0 spiro atoms. The van der Waals surface area contributed by atoms with Gasteiger partial charge in [-0.2, -0.15) is 4.79 Å². The number of hydrogen-bond acceptors (Lipinski definition) is 0. The summed E-state index contributed by atoms with van der Waals surface area (Å²) in [6.45, 7) is 11.5. The minimum absolute atomic E-state index is 1.08. The van der Waals surface area contributed by atoms with E-state index >= 15 is 0 Å². The van der Waals surface area contributed by atoms with Crippen LogP contribution in [0.1, 0.15) is 0 Å². The van der Waals surface area contributed by atoms with Gasteiger partial charge in [0.05, 0.1) is 7.59 Å². The van der Waals surface area contributed by atoms with Gasteiger partial charge in [0.2, 0.25) is 5.84 Å². The molecule has 0 heterocycles. The summed E-state index contributed by atoms with van der Waals surface area (Å²) in [6.07, 6.45) is 0. The highest BCUT2D eigenvalue weighted by Gasteiger charge is 2.39. The molecule has 0 aromatic rings. The van der Waals surface area contributed by atoms with Crippen LogP contribution in [0.25, 0.3) is 5.53 Å². The normalized spacial score (nSPS) is 12.5. The zero-order chi connectivity index (χ0) is 8.41. The second-order valence-corrected chi connectivity index (χ2v) is 20.8. The van der Waals surface area contributed by atoms with Crippen LogP contribution in [0.15, 0.2) is 0 Å². The van der Waals surface area contributed by atoms with Gasteiger partial charge in [0, 0.05) is 0 Å². The van der Waals surface area contributed by atoms with Crippen LogP contribution in [0.3, 0.4) is 0 Å². The fourth-order valence-corrected chi connectivity index (χ4v) is 2.35. The van der Waals surface area contributed by atoms with E-state index in [1.165, 1.54) is 0 Å². The molecule has 0 atom stereocenters. The average molecular weight is 172 g/mol. The van der Waals surface area contributed by atoms with Crippen molar-refractivity contribution in [1.82, 2.24) is 0 Å². The molecule has 0 fully saturated rings. The van der Waals surface area contributed by atoms with Crippen molar-refractivity contribution in [2.75, 3.05) is 0 Å². The Morgan fingerprint density at radius 3 is 1.60 bits per heavy atom. The maximum atomic E-state index is 8.39. The third-order valence-electron chi connectivity index (χ3n) is 2.31. The maximum absolute atomic E-state index is 8.39. The SMILES string of the molecule is C[Si](C)(C)[Si](C)(C)C=[N+]=[N-]. The maximum Gasteiger partial charge on any atom is 0.223 e. The van der Waals surface area contributed by atoms with E-state index in [2.05, 4.69) is 37.5 Å². The Bertz CT molecular complexity index is 163. The molecule has 0 aliphatic rings. The van der Waals surface area contributed by atoms with E-state index in [4.69, 9.17) is 5.53 Å². The van der Waals surface area contributed by atoms with Gasteiger partial charge in [0.1, 0.15) is 0 Å². The first-order valence-electron chi connectivity index (χ1n) is 3.50. The summed E-state index contributed by atoms with van der Waals surface area (Å²) in [6, 6.07) is 0. The molecule has 58 valence electrons. The number of rotatable bonds is 2. The van der Waals surface area contributed by atoms with Gasteiger partial charge in [-0.05, 0) is 0 Å². The summed E-state index contributed by atoms with van der Waals surface area (Å²) in [4.78, 5) is 3.15. The highest BCUT2D eigenvalue weighted by molar-refractivity contribution is 7.49. The quantitative estimate of drug-likeness (QED) is 0.264. The van der Waals surface area contributed by atoms with E-state index in [0.29, 0.717) is 0 Å². The molecule has 0 aromatic heterocycles. The molecule has 0 unspecified atom stereocenters. The van der Waals surface area contributed by atoms with Gasteiger partial charge in [-0.3, -0.25) is 0 Å². The number of hydrogen-bond donors (Lipinski definition) is 0. The first-order valence-corrected chi connectivity index (χ1v) is 11.1. The Labute approximate surface area is 64.7 Å². The van der Waals surface area contributed by atoms with Crippen LogP contribution in [0, 0.1) is 0 Å². The minimum atomic E-state index is -1.31. The second-order valence-electron chi connectivity index (χ2n) is 4.22. The summed E-state index contributed by atoms with van der Waals surface area (Å²) in [5.41, 5.74) is 8.39. The lowest BCUT2D eigenvalue weighted by Gasteiger charge is -2.26. The molecule has 10 heavy (non-hydrogen) atoms. The first-order chi connectivity index (χ1) is 4.31. The van der Waals surface area contributed by atoms with Crippen molar-refractivity contribution in [3.63, 3.8) is 0 Å². The molecule has 0 aliphatic heterocycles. The molecule has 0 radical (unpaired) electrons. The van der Waals surface area contributed by atoms with Crippen molar-refractivity contribution in [3.05, 3.63) is 5.53 Å². The van der Waals surface area contributed by atoms with E-state index in [-0.39, 0.29) is 0 Å². The van der Waals surface area contributed by atoms with Crippen LogP contribution < -0.4 is 0 Å². The Balaban J connectivity index is 4.56. The minimum Gasteiger partial charge on any atom is -0.363 e. The van der Waals surface area contributed by atoms with Gasteiger partial charge >= 0.3 is 0 Å². The largest absolute Gasteiger partial charge is 0.363 e. The van der Waals surface area contributed by atoms with Crippen LogP contribution in [0.5, 0.6) is 0 Å². The lowest BCUT2D eigenvalue weighted by molar-refractivity contribution is 0.00696. The van der Waals surface area contributed by atoms with Crippen molar-refractivity contribution in [1.29, 1.82) is 0 Å². The predicted molar refractivity (Wildman–Crippen MR) is 50.5 cm³/mol. The molecule has 0 aromatic carbocycles. The van der Waals surface area contributed by atoms with Gasteiger partial charge in [-0.25, -0.2) is 0 Å². The topological polar surface area (TPSA) is 36.4 Å². The molecular weight excluding hydrogens is 156 g/mol. The monoisotopic (exact) mass is 172 g/mol. The smallest absolute Gasteiger partial charge is 0.223 e. The fourth-order valence-electron chi connectivity index (χ4n) is 0.338. The molecule has 4 heteroatoms. The summed E-state index contributed by atoms with van der Waals surface area (Å²) < 4.78 is 0. The second kappa shape index (κ2) is 2.82. The van der Waals surface area contributed by atoms with E-state index < -0.39 is 15.2 Å². The summed E-state index contributed by atoms with van der Waals surface area (Å²) >= 11 is 0. The van der Waals surface area contributed by atoms with Crippen molar-refractivity contribution in [2.24, 2.45) is 0 Å². The summed E-state index contributed by atoms with van der Waals surface area (Å²) in [5, 5.41) is 0. The highest BCUT2D eigenvalue weighted by Crippen LogP contribution is 2.15. The van der Waals surface area contributed by atoms with Crippen molar-refractivity contribution in [2.45, 2.75) is 32.7 Å². The zero-order valence-corrected chi connectivity index (χ0v) is 9.47. The molecule has 0 aliphatic carbocycles.